The first-order chi connectivity index (χ1) is 10.9. The number of nitrogens with one attached hydrogen (secondary N) is 1. The van der Waals surface area contributed by atoms with Crippen molar-refractivity contribution in [3.8, 4) is 0 Å². The molecule has 0 aliphatic carbocycles. The Morgan fingerprint density at radius 3 is 2.70 bits per heavy atom. The van der Waals surface area contributed by atoms with Crippen molar-refractivity contribution >= 4 is 37.3 Å². The van der Waals surface area contributed by atoms with E-state index in [1.165, 1.54) is 23.5 Å². The van der Waals surface area contributed by atoms with Gasteiger partial charge >= 0.3 is 0 Å². The minimum Gasteiger partial charge on any atom is -0.346 e. The molecule has 0 saturated carbocycles. The molecule has 1 heterocycles. The highest BCUT2D eigenvalue weighted by atomic mass is 32.2. The topological polar surface area (TPSA) is 76.1 Å². The number of amides is 1. The van der Waals surface area contributed by atoms with Gasteiger partial charge in [-0.15, -0.1) is 11.3 Å². The molecule has 118 valence electrons. The SMILES string of the molecule is CS(=O)(=O)c1cccc(C(=O)NCc2nc3ccccc3s2)c1. The first-order valence-electron chi connectivity index (χ1n) is 6.86. The van der Waals surface area contributed by atoms with Gasteiger partial charge in [0.15, 0.2) is 9.84 Å². The summed E-state index contributed by atoms with van der Waals surface area (Å²) >= 11 is 1.52. The second-order valence-corrected chi connectivity index (χ2v) is 8.19. The van der Waals surface area contributed by atoms with Gasteiger partial charge < -0.3 is 5.32 Å². The molecule has 0 aliphatic rings. The van der Waals surface area contributed by atoms with Crippen molar-refractivity contribution in [1.82, 2.24) is 10.3 Å². The van der Waals surface area contributed by atoms with Crippen LogP contribution in [0.2, 0.25) is 0 Å². The number of aromatic nitrogens is 1. The van der Waals surface area contributed by atoms with Crippen LogP contribution in [0.1, 0.15) is 15.4 Å². The molecule has 0 bridgehead atoms. The van der Waals surface area contributed by atoms with Gasteiger partial charge in [0.1, 0.15) is 5.01 Å². The second kappa shape index (κ2) is 6.10. The fraction of sp³-hybridized carbons (Fsp3) is 0.125. The minimum absolute atomic E-state index is 0.130. The molecule has 0 fully saturated rings. The highest BCUT2D eigenvalue weighted by Crippen LogP contribution is 2.21. The maximum absolute atomic E-state index is 12.2. The van der Waals surface area contributed by atoms with Crippen LogP contribution in [0.25, 0.3) is 10.2 Å². The molecule has 1 amide bonds. The normalized spacial score (nSPS) is 11.5. The van der Waals surface area contributed by atoms with Crippen LogP contribution in [0.5, 0.6) is 0 Å². The lowest BCUT2D eigenvalue weighted by atomic mass is 10.2. The molecule has 0 unspecified atom stereocenters. The molecule has 0 atom stereocenters. The largest absolute Gasteiger partial charge is 0.346 e. The summed E-state index contributed by atoms with van der Waals surface area (Å²) in [5.41, 5.74) is 1.22. The summed E-state index contributed by atoms with van der Waals surface area (Å²) in [6, 6.07) is 13.8. The van der Waals surface area contributed by atoms with E-state index >= 15 is 0 Å². The van der Waals surface area contributed by atoms with E-state index < -0.39 is 9.84 Å². The molecular weight excluding hydrogens is 332 g/mol. The number of carbonyl (C=O) groups is 1. The molecule has 3 aromatic rings. The van der Waals surface area contributed by atoms with Gasteiger partial charge in [0.2, 0.25) is 0 Å². The monoisotopic (exact) mass is 346 g/mol. The maximum atomic E-state index is 12.2. The standard InChI is InChI=1S/C16H14N2O3S2/c1-23(20,21)12-6-4-5-11(9-12)16(19)17-10-15-18-13-7-2-3-8-14(13)22-15/h2-9H,10H2,1H3,(H,17,19). The zero-order valence-electron chi connectivity index (χ0n) is 12.3. The molecule has 1 aromatic heterocycles. The zero-order chi connectivity index (χ0) is 16.4. The van der Waals surface area contributed by atoms with Gasteiger partial charge in [0.25, 0.3) is 5.91 Å². The number of sulfone groups is 1. The van der Waals surface area contributed by atoms with Crippen molar-refractivity contribution in [3.05, 3.63) is 59.1 Å². The Morgan fingerprint density at radius 1 is 1.17 bits per heavy atom. The number of para-hydroxylation sites is 1. The van der Waals surface area contributed by atoms with E-state index in [0.717, 1.165) is 21.5 Å². The summed E-state index contributed by atoms with van der Waals surface area (Å²) in [5.74, 6) is -0.324. The summed E-state index contributed by atoms with van der Waals surface area (Å²) in [6.45, 7) is 0.307. The van der Waals surface area contributed by atoms with Crippen molar-refractivity contribution in [2.45, 2.75) is 11.4 Å². The smallest absolute Gasteiger partial charge is 0.251 e. The number of rotatable bonds is 4. The van der Waals surface area contributed by atoms with E-state index in [1.807, 2.05) is 24.3 Å². The van der Waals surface area contributed by atoms with E-state index in [2.05, 4.69) is 10.3 Å². The summed E-state index contributed by atoms with van der Waals surface area (Å²) in [7, 11) is -3.33. The molecule has 0 aliphatic heterocycles. The van der Waals surface area contributed by atoms with E-state index in [1.54, 1.807) is 12.1 Å². The van der Waals surface area contributed by atoms with Crippen molar-refractivity contribution < 1.29 is 13.2 Å². The first kappa shape index (κ1) is 15.6. The third-order valence-electron chi connectivity index (χ3n) is 3.26. The van der Waals surface area contributed by atoms with Gasteiger partial charge in [-0.25, -0.2) is 13.4 Å². The number of hydrogen-bond donors (Lipinski definition) is 1. The van der Waals surface area contributed by atoms with Crippen molar-refractivity contribution in [2.24, 2.45) is 0 Å². The summed E-state index contributed by atoms with van der Waals surface area (Å²) in [6.07, 6.45) is 1.12. The van der Waals surface area contributed by atoms with Crippen LogP contribution in [0.4, 0.5) is 0 Å². The van der Waals surface area contributed by atoms with Gasteiger partial charge in [-0.2, -0.15) is 0 Å². The lowest BCUT2D eigenvalue weighted by Gasteiger charge is -2.05. The van der Waals surface area contributed by atoms with E-state index in [4.69, 9.17) is 0 Å². The number of nitrogens with zero attached hydrogens (tertiary/aromatic N) is 1. The molecule has 0 radical (unpaired) electrons. The quantitative estimate of drug-likeness (QED) is 0.788. The first-order valence-corrected chi connectivity index (χ1v) is 9.57. The van der Waals surface area contributed by atoms with Crippen LogP contribution in [0, 0.1) is 0 Å². The molecule has 1 N–H and O–H groups in total. The average molecular weight is 346 g/mol. The average Bonchev–Trinajstić information content (AvgIpc) is 2.95. The van der Waals surface area contributed by atoms with Gasteiger partial charge in [0, 0.05) is 11.8 Å². The number of carbonyl (C=O) groups excluding carboxylic acids is 1. The molecule has 5 nitrogen and oxygen atoms in total. The van der Waals surface area contributed by atoms with Crippen molar-refractivity contribution in [1.29, 1.82) is 0 Å². The lowest BCUT2D eigenvalue weighted by molar-refractivity contribution is 0.0950. The predicted molar refractivity (Wildman–Crippen MR) is 90.3 cm³/mol. The van der Waals surface area contributed by atoms with Gasteiger partial charge in [-0.1, -0.05) is 18.2 Å². The van der Waals surface area contributed by atoms with Crippen LogP contribution in [0.15, 0.2) is 53.4 Å². The summed E-state index contributed by atoms with van der Waals surface area (Å²) in [4.78, 5) is 16.8. The Bertz CT molecular complexity index is 945. The highest BCUT2D eigenvalue weighted by Gasteiger charge is 2.12. The third-order valence-corrected chi connectivity index (χ3v) is 5.41. The van der Waals surface area contributed by atoms with Gasteiger partial charge in [-0.05, 0) is 30.3 Å². The van der Waals surface area contributed by atoms with E-state index in [-0.39, 0.29) is 10.8 Å². The minimum atomic E-state index is -3.33. The summed E-state index contributed by atoms with van der Waals surface area (Å²) < 4.78 is 24.2. The van der Waals surface area contributed by atoms with E-state index in [9.17, 15) is 13.2 Å². The molecule has 2 aromatic carbocycles. The highest BCUT2D eigenvalue weighted by molar-refractivity contribution is 7.90. The van der Waals surface area contributed by atoms with Crippen LogP contribution in [0.3, 0.4) is 0 Å². The molecule has 0 spiro atoms. The fourth-order valence-electron chi connectivity index (χ4n) is 2.12. The molecule has 23 heavy (non-hydrogen) atoms. The Morgan fingerprint density at radius 2 is 1.96 bits per heavy atom. The molecule has 7 heteroatoms. The Balaban J connectivity index is 1.74. The third kappa shape index (κ3) is 3.57. The zero-order valence-corrected chi connectivity index (χ0v) is 13.9. The molecular formula is C16H14N2O3S2. The van der Waals surface area contributed by atoms with E-state index in [0.29, 0.717) is 12.1 Å². The van der Waals surface area contributed by atoms with Gasteiger partial charge in [-0.3, -0.25) is 4.79 Å². The summed E-state index contributed by atoms with van der Waals surface area (Å²) in [5, 5.41) is 3.57. The van der Waals surface area contributed by atoms with Crippen LogP contribution >= 0.6 is 11.3 Å². The van der Waals surface area contributed by atoms with Crippen LogP contribution in [-0.2, 0) is 16.4 Å². The Hall–Kier alpha value is -2.25. The second-order valence-electron chi connectivity index (χ2n) is 5.06. The number of thiazole rings is 1. The van der Waals surface area contributed by atoms with Crippen LogP contribution in [-0.4, -0.2) is 25.6 Å². The molecule has 0 saturated heterocycles. The maximum Gasteiger partial charge on any atom is 0.251 e. The van der Waals surface area contributed by atoms with Crippen LogP contribution < -0.4 is 5.32 Å². The number of benzene rings is 2. The fourth-order valence-corrected chi connectivity index (χ4v) is 3.70. The Kier molecular flexibility index (Phi) is 4.14. The van der Waals surface area contributed by atoms with Crippen molar-refractivity contribution in [3.63, 3.8) is 0 Å². The lowest BCUT2D eigenvalue weighted by Crippen LogP contribution is -2.22. The predicted octanol–water partition coefficient (Wildman–Crippen LogP) is 2.63. The number of hydrogen-bond acceptors (Lipinski definition) is 5. The van der Waals surface area contributed by atoms with Crippen molar-refractivity contribution in [2.75, 3.05) is 6.26 Å². The number of fused-ring (bicyclic) bond motifs is 1. The van der Waals surface area contributed by atoms with Gasteiger partial charge in [0.05, 0.1) is 21.7 Å². The molecule has 3 rings (SSSR count). The Labute approximate surface area is 137 Å².